The summed E-state index contributed by atoms with van der Waals surface area (Å²) in [6.07, 6.45) is -0.298. The molecule has 0 saturated carbocycles. The largest absolute Gasteiger partial charge is 0.453 e. The van der Waals surface area contributed by atoms with E-state index >= 15 is 0 Å². The molecule has 1 aromatic carbocycles. The van der Waals surface area contributed by atoms with Crippen molar-refractivity contribution in [2.45, 2.75) is 17.9 Å². The first-order valence-electron chi connectivity index (χ1n) is 10.9. The van der Waals surface area contributed by atoms with Crippen molar-refractivity contribution in [3.8, 4) is 0 Å². The van der Waals surface area contributed by atoms with Crippen LogP contribution in [-0.4, -0.2) is 82.5 Å². The molecule has 13 heteroatoms. The Morgan fingerprint density at radius 1 is 1.06 bits per heavy atom. The number of methoxy groups -OCH3 is 1. The second-order valence-electron chi connectivity index (χ2n) is 8.14. The van der Waals surface area contributed by atoms with E-state index in [1.54, 1.807) is 0 Å². The molecule has 2 aliphatic rings. The van der Waals surface area contributed by atoms with E-state index in [4.69, 9.17) is 4.74 Å². The number of hydrogen-bond acceptors (Lipinski definition) is 9. The van der Waals surface area contributed by atoms with Crippen LogP contribution >= 0.6 is 11.3 Å². The van der Waals surface area contributed by atoms with E-state index in [1.807, 2.05) is 7.05 Å². The molecule has 35 heavy (non-hydrogen) atoms. The number of anilines is 1. The van der Waals surface area contributed by atoms with Crippen LogP contribution in [0.15, 0.2) is 29.2 Å². The first-order chi connectivity index (χ1) is 16.7. The number of morpholine rings is 1. The Bertz CT molecular complexity index is 1240. The molecule has 3 heterocycles. The monoisotopic (exact) mass is 522 g/mol. The third kappa shape index (κ3) is 5.38. The Morgan fingerprint density at radius 3 is 2.40 bits per heavy atom. The minimum atomic E-state index is -3.68. The van der Waals surface area contributed by atoms with Gasteiger partial charge in [-0.15, -0.1) is 11.3 Å². The molecule has 188 valence electrons. The fourth-order valence-electron chi connectivity index (χ4n) is 3.96. The van der Waals surface area contributed by atoms with Crippen molar-refractivity contribution in [2.75, 3.05) is 52.3 Å². The number of hydrogen-bond donors (Lipinski definition) is 2. The molecule has 0 atom stereocenters. The summed E-state index contributed by atoms with van der Waals surface area (Å²) in [5.74, 6) is -1.15. The van der Waals surface area contributed by atoms with Crippen LogP contribution < -0.4 is 10.6 Å². The number of imide groups is 1. The van der Waals surface area contributed by atoms with Crippen LogP contribution in [0.5, 0.6) is 0 Å². The standard InChI is InChI=1S/C22H26N4O7S2/c1-25-8-7-16-17(13-25)34-21(18(16)20(28)24-22(29)32-2)23-19(27)14-3-5-15(6-4-14)35(30,31)26-9-11-33-12-10-26/h3-6H,7-13H2,1-2H3,(H,23,27)(H,24,28,29). The average Bonchev–Trinajstić information content (AvgIpc) is 3.21. The Hall–Kier alpha value is -2.84. The van der Waals surface area contributed by atoms with Gasteiger partial charge in [-0.05, 0) is 43.3 Å². The lowest BCUT2D eigenvalue weighted by Gasteiger charge is -2.26. The lowest BCUT2D eigenvalue weighted by molar-refractivity contribution is 0.0730. The van der Waals surface area contributed by atoms with Gasteiger partial charge in [0.15, 0.2) is 0 Å². The topological polar surface area (TPSA) is 134 Å². The van der Waals surface area contributed by atoms with Crippen molar-refractivity contribution in [2.24, 2.45) is 0 Å². The van der Waals surface area contributed by atoms with Crippen molar-refractivity contribution in [3.05, 3.63) is 45.8 Å². The van der Waals surface area contributed by atoms with Gasteiger partial charge in [-0.1, -0.05) is 0 Å². The maximum atomic E-state index is 13.0. The van der Waals surface area contributed by atoms with Gasteiger partial charge in [0, 0.05) is 36.6 Å². The van der Waals surface area contributed by atoms with Crippen molar-refractivity contribution in [3.63, 3.8) is 0 Å². The van der Waals surface area contributed by atoms with E-state index in [0.29, 0.717) is 31.2 Å². The molecule has 0 spiro atoms. The number of carbonyl (C=O) groups excluding carboxylic acids is 3. The van der Waals surface area contributed by atoms with Crippen molar-refractivity contribution < 1.29 is 32.3 Å². The Morgan fingerprint density at radius 2 is 1.74 bits per heavy atom. The van der Waals surface area contributed by atoms with Crippen molar-refractivity contribution in [1.29, 1.82) is 0 Å². The molecule has 3 amide bonds. The summed E-state index contributed by atoms with van der Waals surface area (Å²) in [5, 5.41) is 5.25. The zero-order chi connectivity index (χ0) is 25.2. The molecule has 4 rings (SSSR count). The van der Waals surface area contributed by atoms with Gasteiger partial charge in [-0.2, -0.15) is 4.31 Å². The Balaban J connectivity index is 1.56. The number of sulfonamides is 1. The number of nitrogens with one attached hydrogen (secondary N) is 2. The summed E-state index contributed by atoms with van der Waals surface area (Å²) in [6, 6.07) is 5.63. The van der Waals surface area contributed by atoms with Gasteiger partial charge in [-0.25, -0.2) is 13.2 Å². The lowest BCUT2D eigenvalue weighted by Crippen LogP contribution is -2.40. The maximum Gasteiger partial charge on any atom is 0.413 e. The Labute approximate surface area is 207 Å². The second-order valence-corrected chi connectivity index (χ2v) is 11.2. The van der Waals surface area contributed by atoms with Crippen LogP contribution in [0.4, 0.5) is 9.80 Å². The van der Waals surface area contributed by atoms with E-state index in [2.05, 4.69) is 20.3 Å². The summed E-state index contributed by atoms with van der Waals surface area (Å²) in [7, 11) is -0.562. The number of alkyl carbamates (subject to hydrolysis) is 1. The molecule has 1 aromatic heterocycles. The zero-order valence-corrected chi connectivity index (χ0v) is 21.0. The van der Waals surface area contributed by atoms with E-state index in [-0.39, 0.29) is 29.1 Å². The highest BCUT2D eigenvalue weighted by molar-refractivity contribution is 7.89. The second kappa shape index (κ2) is 10.4. The zero-order valence-electron chi connectivity index (χ0n) is 19.3. The first-order valence-corrected chi connectivity index (χ1v) is 13.2. The molecule has 1 saturated heterocycles. The fraction of sp³-hybridized carbons (Fsp3) is 0.409. The third-order valence-corrected chi connectivity index (χ3v) is 8.87. The number of amides is 3. The summed E-state index contributed by atoms with van der Waals surface area (Å²) in [4.78, 5) is 40.5. The van der Waals surface area contributed by atoms with Gasteiger partial charge in [-0.3, -0.25) is 14.9 Å². The van der Waals surface area contributed by atoms with E-state index in [0.717, 1.165) is 24.1 Å². The van der Waals surface area contributed by atoms with Crippen LogP contribution in [0.25, 0.3) is 0 Å². The smallest absolute Gasteiger partial charge is 0.413 e. The van der Waals surface area contributed by atoms with Gasteiger partial charge < -0.3 is 19.7 Å². The summed E-state index contributed by atoms with van der Waals surface area (Å²) in [5.41, 5.74) is 1.26. The molecule has 0 radical (unpaired) electrons. The minimum Gasteiger partial charge on any atom is -0.453 e. The lowest BCUT2D eigenvalue weighted by atomic mass is 10.0. The average molecular weight is 523 g/mol. The predicted octanol–water partition coefficient (Wildman–Crippen LogP) is 1.51. The molecule has 0 aliphatic carbocycles. The van der Waals surface area contributed by atoms with Crippen molar-refractivity contribution in [1.82, 2.24) is 14.5 Å². The van der Waals surface area contributed by atoms with Gasteiger partial charge >= 0.3 is 6.09 Å². The fourth-order valence-corrected chi connectivity index (χ4v) is 6.68. The summed E-state index contributed by atoms with van der Waals surface area (Å²) in [6.45, 7) is 2.58. The highest BCUT2D eigenvalue weighted by Gasteiger charge is 2.30. The number of ether oxygens (including phenoxy) is 2. The summed E-state index contributed by atoms with van der Waals surface area (Å²) >= 11 is 1.28. The van der Waals surface area contributed by atoms with Gasteiger partial charge in [0.05, 0.1) is 30.8 Å². The number of thiophene rings is 1. The molecule has 2 N–H and O–H groups in total. The van der Waals surface area contributed by atoms with Gasteiger partial charge in [0.1, 0.15) is 5.00 Å². The number of fused-ring (bicyclic) bond motifs is 1. The minimum absolute atomic E-state index is 0.0868. The number of carbonyl (C=O) groups is 3. The van der Waals surface area contributed by atoms with Gasteiger partial charge in [0.2, 0.25) is 10.0 Å². The molecule has 11 nitrogen and oxygen atoms in total. The van der Waals surface area contributed by atoms with Gasteiger partial charge in [0.25, 0.3) is 11.8 Å². The summed E-state index contributed by atoms with van der Waals surface area (Å²) < 4.78 is 36.7. The van der Waals surface area contributed by atoms with Crippen LogP contribution in [0.1, 0.15) is 31.2 Å². The molecule has 2 aromatic rings. The van der Waals surface area contributed by atoms with Crippen LogP contribution in [0, 0.1) is 0 Å². The maximum absolute atomic E-state index is 13.0. The van der Waals surface area contributed by atoms with E-state index in [9.17, 15) is 22.8 Å². The van der Waals surface area contributed by atoms with Crippen molar-refractivity contribution >= 4 is 44.3 Å². The number of likely N-dealkylation sites (N-methyl/N-ethyl adjacent to an activating group) is 1. The predicted molar refractivity (Wildman–Crippen MR) is 128 cm³/mol. The molecule has 2 aliphatic heterocycles. The SMILES string of the molecule is COC(=O)NC(=O)c1c(NC(=O)c2ccc(S(=O)(=O)N3CCOCC3)cc2)sc2c1CCN(C)C2. The molecular formula is C22H26N4O7S2. The van der Waals surface area contributed by atoms with E-state index < -0.39 is 27.9 Å². The first kappa shape index (κ1) is 25.3. The van der Waals surface area contributed by atoms with Crippen LogP contribution in [0.3, 0.4) is 0 Å². The molecule has 0 unspecified atom stereocenters. The molecular weight excluding hydrogens is 496 g/mol. The number of benzene rings is 1. The highest BCUT2D eigenvalue weighted by Crippen LogP contribution is 2.37. The highest BCUT2D eigenvalue weighted by atomic mass is 32.2. The molecule has 1 fully saturated rings. The quantitative estimate of drug-likeness (QED) is 0.604. The van der Waals surface area contributed by atoms with E-state index in [1.165, 1.54) is 39.9 Å². The van der Waals surface area contributed by atoms with Crippen LogP contribution in [0.2, 0.25) is 0 Å². The number of nitrogens with zero attached hydrogens (tertiary/aromatic N) is 2. The normalized spacial score (nSPS) is 16.9. The number of rotatable bonds is 5. The molecule has 0 bridgehead atoms. The Kier molecular flexibility index (Phi) is 7.52. The van der Waals surface area contributed by atoms with Crippen LogP contribution in [-0.2, 0) is 32.5 Å². The third-order valence-electron chi connectivity index (χ3n) is 5.83.